The second kappa shape index (κ2) is 28.3. The van der Waals surface area contributed by atoms with Gasteiger partial charge in [0.1, 0.15) is 134 Å². The molecule has 27 atom stereocenters. The molecule has 24 N–H and O–H groups in total. The van der Waals surface area contributed by atoms with Gasteiger partial charge in [0.25, 0.3) is 0 Å². The molecule has 5 fully saturated rings. The molecule has 32 heteroatoms. The molecule has 5 aliphatic heterocycles. The first-order valence-corrected chi connectivity index (χ1v) is 19.9. The summed E-state index contributed by atoms with van der Waals surface area (Å²) < 4.78 is 35.0. The first-order chi connectivity index (χ1) is 30.9. The minimum atomic E-state index is -1.74. The van der Waals surface area contributed by atoms with Gasteiger partial charge in [-0.05, 0) is 0 Å². The molecule has 5 heterocycles. The van der Waals surface area contributed by atoms with Crippen molar-refractivity contribution in [2.24, 2.45) is 0 Å². The molecule has 0 saturated carbocycles. The van der Waals surface area contributed by atoms with E-state index in [1.54, 1.807) is 0 Å². The molecule has 5 rings (SSSR count). The quantitative estimate of drug-likeness (QED) is 0.0807. The highest BCUT2D eigenvalue weighted by atomic mass is 16.7. The Labute approximate surface area is 372 Å². The van der Waals surface area contributed by atoms with E-state index >= 15 is 0 Å². The number of hydrogen-bond donors (Lipinski definition) is 24. The monoisotopic (exact) mass is 984 g/mol. The van der Waals surface area contributed by atoms with Crippen molar-refractivity contribution in [1.29, 1.82) is 0 Å². The smallest absolute Gasteiger partial charge is 0.187 e. The normalized spacial score (nSPS) is 46.4. The molecule has 0 amide bonds. The number of aldehydes is 1. The number of carbonyl (C=O) groups is 1. The van der Waals surface area contributed by atoms with Gasteiger partial charge in [-0.1, -0.05) is 0 Å². The van der Waals surface area contributed by atoms with Crippen LogP contribution in [0.3, 0.4) is 0 Å². The number of rotatable bonds is 12. The van der Waals surface area contributed by atoms with Gasteiger partial charge in [0.05, 0.1) is 39.6 Å². The van der Waals surface area contributed by atoms with Crippen LogP contribution in [0.1, 0.15) is 0 Å². The number of carbonyl (C=O) groups excluding carboxylic acids is 1. The Morgan fingerprint density at radius 2 is 0.803 bits per heavy atom. The SMILES string of the molecule is O=C[C@H](O)[C@H](O)[C@H](O)CO.OC1OC[C@@H](O)[C@H](O)[C@H]1O.OC[C@H]1O[C@@H](O[C@H]2[C@H](O)[C@@H](O)[C@H](O)O[C@@H]2CO)[C@H](O)[C@@H](O)[C@H]1O.OC[C@H]1O[C@H](O[C@H]2[C@H](O)[C@@H](O)[C@H](O)O[C@@H]2CO)[C@H](O)[C@@H](O)[C@@H]1O. The fourth-order valence-corrected chi connectivity index (χ4v) is 6.35. The van der Waals surface area contributed by atoms with Crippen LogP contribution in [0, 0.1) is 0 Å². The summed E-state index contributed by atoms with van der Waals surface area (Å²) >= 11 is 0. The maximum Gasteiger partial charge on any atom is 0.187 e. The van der Waals surface area contributed by atoms with E-state index in [1.165, 1.54) is 0 Å². The fourth-order valence-electron chi connectivity index (χ4n) is 6.35. The van der Waals surface area contributed by atoms with Crippen molar-refractivity contribution in [3.8, 4) is 0 Å². The van der Waals surface area contributed by atoms with Crippen molar-refractivity contribution in [2.45, 2.75) is 166 Å². The van der Waals surface area contributed by atoms with Gasteiger partial charge < -0.3 is 161 Å². The minimum Gasteiger partial charge on any atom is -0.394 e. The van der Waals surface area contributed by atoms with Crippen LogP contribution in [0.4, 0.5) is 0 Å². The topological polar surface area (TPSA) is 567 Å². The third-order valence-electron chi connectivity index (χ3n) is 10.5. The summed E-state index contributed by atoms with van der Waals surface area (Å²) in [5.74, 6) is 0. The molecular weight excluding hydrogens is 920 g/mol. The number of aliphatic hydroxyl groups is 24. The molecule has 1 unspecified atom stereocenters. The lowest BCUT2D eigenvalue weighted by Gasteiger charge is -2.45. The lowest BCUT2D eigenvalue weighted by Crippen LogP contribution is -2.64. The van der Waals surface area contributed by atoms with E-state index in [0.717, 1.165) is 0 Å². The van der Waals surface area contributed by atoms with E-state index < -0.39 is 199 Å². The minimum absolute atomic E-state index is 0.0869. The molecule has 5 saturated heterocycles. The van der Waals surface area contributed by atoms with E-state index in [-0.39, 0.29) is 12.9 Å². The Morgan fingerprint density at radius 3 is 1.12 bits per heavy atom. The molecule has 0 radical (unpaired) electrons. The number of hydrogen-bond acceptors (Lipinski definition) is 32. The van der Waals surface area contributed by atoms with Crippen molar-refractivity contribution < 1.29 is 161 Å². The zero-order valence-corrected chi connectivity index (χ0v) is 34.4. The van der Waals surface area contributed by atoms with E-state index in [0.29, 0.717) is 0 Å². The van der Waals surface area contributed by atoms with Gasteiger partial charge in [0, 0.05) is 0 Å². The first-order valence-electron chi connectivity index (χ1n) is 19.9. The molecule has 0 aliphatic carbocycles. The molecule has 0 bridgehead atoms. The zero-order chi connectivity index (χ0) is 50.5. The lowest BCUT2D eigenvalue weighted by molar-refractivity contribution is -0.355. The summed E-state index contributed by atoms with van der Waals surface area (Å²) in [6.07, 6.45) is -41.0. The van der Waals surface area contributed by atoms with Crippen molar-refractivity contribution in [1.82, 2.24) is 0 Å². The summed E-state index contributed by atoms with van der Waals surface area (Å²) in [5, 5.41) is 222. The lowest BCUT2D eigenvalue weighted by atomic mass is 9.97. The summed E-state index contributed by atoms with van der Waals surface area (Å²) in [6.45, 7) is -3.53. The van der Waals surface area contributed by atoms with Crippen LogP contribution in [0.2, 0.25) is 0 Å². The van der Waals surface area contributed by atoms with E-state index in [2.05, 4.69) is 4.74 Å². The molecule has 66 heavy (non-hydrogen) atoms. The maximum atomic E-state index is 9.94. The second-order valence-electron chi connectivity index (χ2n) is 15.2. The third-order valence-corrected chi connectivity index (χ3v) is 10.5. The maximum absolute atomic E-state index is 9.94. The first kappa shape index (κ1) is 60.6. The van der Waals surface area contributed by atoms with Gasteiger partial charge in [-0.15, -0.1) is 0 Å². The van der Waals surface area contributed by atoms with Gasteiger partial charge >= 0.3 is 0 Å². The van der Waals surface area contributed by atoms with Gasteiger partial charge in [-0.25, -0.2) is 0 Å². The Hall–Kier alpha value is -1.57. The number of aliphatic hydroxyl groups excluding tert-OH is 24. The van der Waals surface area contributed by atoms with E-state index in [4.69, 9.17) is 79.5 Å². The highest BCUT2D eigenvalue weighted by Crippen LogP contribution is 2.30. The molecule has 0 aromatic rings. The van der Waals surface area contributed by atoms with E-state index in [9.17, 15) is 76.3 Å². The number of ether oxygens (including phenoxy) is 7. The van der Waals surface area contributed by atoms with Crippen LogP contribution in [0.25, 0.3) is 0 Å². The summed E-state index contributed by atoms with van der Waals surface area (Å²) in [5.41, 5.74) is 0. The van der Waals surface area contributed by atoms with Gasteiger partial charge in [-0.2, -0.15) is 0 Å². The largest absolute Gasteiger partial charge is 0.394 e. The molecular formula is C34H64O32. The van der Waals surface area contributed by atoms with Crippen molar-refractivity contribution in [3.05, 3.63) is 0 Å². The van der Waals surface area contributed by atoms with Crippen LogP contribution >= 0.6 is 0 Å². The Kier molecular flexibility index (Phi) is 26.0. The predicted molar refractivity (Wildman–Crippen MR) is 198 cm³/mol. The summed E-state index contributed by atoms with van der Waals surface area (Å²) in [6, 6.07) is 0. The molecule has 5 aliphatic rings. The van der Waals surface area contributed by atoms with Crippen LogP contribution < -0.4 is 0 Å². The van der Waals surface area contributed by atoms with Crippen LogP contribution in [0.5, 0.6) is 0 Å². The van der Waals surface area contributed by atoms with Gasteiger partial charge in [0.2, 0.25) is 0 Å². The van der Waals surface area contributed by atoms with Crippen molar-refractivity contribution in [2.75, 3.05) is 39.6 Å². The average molecular weight is 985 g/mol. The molecule has 392 valence electrons. The Morgan fingerprint density at radius 1 is 0.439 bits per heavy atom. The van der Waals surface area contributed by atoms with Crippen molar-refractivity contribution >= 4 is 6.29 Å². The van der Waals surface area contributed by atoms with Crippen LogP contribution in [-0.2, 0) is 38.0 Å². The average Bonchev–Trinajstić information content (AvgIpc) is 3.31. The van der Waals surface area contributed by atoms with Gasteiger partial charge in [-0.3, -0.25) is 0 Å². The summed E-state index contributed by atoms with van der Waals surface area (Å²) in [7, 11) is 0. The predicted octanol–water partition coefficient (Wildman–Crippen LogP) is -16.1. The molecule has 0 aromatic carbocycles. The van der Waals surface area contributed by atoms with E-state index in [1.807, 2.05) is 0 Å². The second-order valence-corrected chi connectivity index (χ2v) is 15.2. The van der Waals surface area contributed by atoms with Crippen molar-refractivity contribution in [3.63, 3.8) is 0 Å². The highest BCUT2D eigenvalue weighted by Gasteiger charge is 2.52. The highest BCUT2D eigenvalue weighted by molar-refractivity contribution is 5.56. The fraction of sp³-hybridized carbons (Fsp3) is 0.971. The van der Waals surface area contributed by atoms with Crippen LogP contribution in [0.15, 0.2) is 0 Å². The third kappa shape index (κ3) is 15.5. The van der Waals surface area contributed by atoms with Gasteiger partial charge in [0.15, 0.2) is 37.7 Å². The Bertz CT molecular complexity index is 1250. The zero-order valence-electron chi connectivity index (χ0n) is 34.4. The molecule has 32 nitrogen and oxygen atoms in total. The standard InChI is InChI=1S/2C12H22O11.2C5H10O5/c2*13-1-3-5(15)6(16)9(19)12(22-3)23-10-4(2-14)21-11(20)8(18)7(10)17;6-2-1-10-5(9)4(8)3(2)7;6-1-3(8)5(10)4(9)2-7/h2*3-20H,1-2H2;2-9H,1H2;1,3-5,7-10H,2H2/t3-,4-,5+,6+,7-,8-,9-,10-,11-,12+;3-,4-,5-,6+,7-,8-,9-,10-,11-,12-;2-,3+,4-,5?;3-,4+,5-/m1110/s1. The van der Waals surface area contributed by atoms with Crippen LogP contribution in [-0.4, -0.2) is 334 Å². The molecule has 0 aromatic heterocycles. The summed E-state index contributed by atoms with van der Waals surface area (Å²) in [4.78, 5) is 9.76. The molecule has 0 spiro atoms. The Balaban J connectivity index is 0.000000325.